The van der Waals surface area contributed by atoms with E-state index in [2.05, 4.69) is 0 Å². The molecule has 0 atom stereocenters. The van der Waals surface area contributed by atoms with E-state index in [0.29, 0.717) is 33.1 Å². The van der Waals surface area contributed by atoms with Gasteiger partial charge in [-0.05, 0) is 31.5 Å². The van der Waals surface area contributed by atoms with Crippen molar-refractivity contribution in [2.45, 2.75) is 13.8 Å². The highest BCUT2D eigenvalue weighted by Crippen LogP contribution is 2.24. The summed E-state index contributed by atoms with van der Waals surface area (Å²) >= 11 is 0. The highest BCUT2D eigenvalue weighted by molar-refractivity contribution is 6.19. The van der Waals surface area contributed by atoms with Crippen molar-refractivity contribution in [3.8, 4) is 11.5 Å². The second-order valence-electron chi connectivity index (χ2n) is 5.49. The first-order valence-corrected chi connectivity index (χ1v) is 6.95. The van der Waals surface area contributed by atoms with Crippen molar-refractivity contribution < 1.29 is 19.1 Å². The van der Waals surface area contributed by atoms with Crippen LogP contribution in [0.5, 0.6) is 11.5 Å². The van der Waals surface area contributed by atoms with E-state index in [-0.39, 0.29) is 11.9 Å². The summed E-state index contributed by atoms with van der Waals surface area (Å²) in [6, 6.07) is 11.1. The Labute approximate surface area is 126 Å². The van der Waals surface area contributed by atoms with Gasteiger partial charge in [-0.15, -0.1) is 0 Å². The third-order valence-electron chi connectivity index (χ3n) is 4.01. The average molecular weight is 292 g/mol. The Morgan fingerprint density at radius 2 is 1.36 bits per heavy atom. The maximum Gasteiger partial charge on any atom is 0.344 e. The Bertz CT molecular complexity index is 965. The number of carbonyl (C=O) groups excluding carboxylic acids is 2. The van der Waals surface area contributed by atoms with Gasteiger partial charge >= 0.3 is 11.9 Å². The van der Waals surface area contributed by atoms with Crippen LogP contribution in [0.3, 0.4) is 0 Å². The van der Waals surface area contributed by atoms with Gasteiger partial charge in [-0.2, -0.15) is 0 Å². The molecule has 4 nitrogen and oxygen atoms in total. The zero-order chi connectivity index (χ0) is 15.4. The molecule has 2 aliphatic heterocycles. The minimum atomic E-state index is -0.383. The lowest BCUT2D eigenvalue weighted by atomic mass is 10.0. The van der Waals surface area contributed by atoms with Crippen LogP contribution in [-0.2, 0) is 9.59 Å². The summed E-state index contributed by atoms with van der Waals surface area (Å²) in [5.41, 5.74) is 2.93. The van der Waals surface area contributed by atoms with E-state index in [1.54, 1.807) is 19.1 Å². The molecule has 4 heteroatoms. The highest BCUT2D eigenvalue weighted by atomic mass is 16.5. The van der Waals surface area contributed by atoms with Gasteiger partial charge in [0.25, 0.3) is 0 Å². The van der Waals surface area contributed by atoms with Crippen LogP contribution in [0, 0.1) is 6.92 Å². The molecule has 0 aromatic heterocycles. The van der Waals surface area contributed by atoms with E-state index < -0.39 is 0 Å². The summed E-state index contributed by atoms with van der Waals surface area (Å²) in [6.45, 7) is 3.68. The molecule has 2 aromatic rings. The molecule has 108 valence electrons. The third-order valence-corrected chi connectivity index (χ3v) is 4.01. The number of ether oxygens (including phenoxy) is 2. The summed E-state index contributed by atoms with van der Waals surface area (Å²) in [5.74, 6) is 0.203. The molecule has 0 saturated heterocycles. The predicted molar refractivity (Wildman–Crippen MR) is 79.7 cm³/mol. The Kier molecular flexibility index (Phi) is 2.51. The molecule has 0 spiro atoms. The molecular formula is C18H12O4. The van der Waals surface area contributed by atoms with Crippen molar-refractivity contribution in [1.82, 2.24) is 0 Å². The number of hydrogen-bond donors (Lipinski definition) is 0. The van der Waals surface area contributed by atoms with Gasteiger partial charge in [0.1, 0.15) is 11.5 Å². The minimum Gasteiger partial charge on any atom is -0.422 e. The topological polar surface area (TPSA) is 52.6 Å². The fourth-order valence-corrected chi connectivity index (χ4v) is 2.76. The van der Waals surface area contributed by atoms with Gasteiger partial charge in [0.15, 0.2) is 0 Å². The molecule has 0 aliphatic carbocycles. The Morgan fingerprint density at radius 3 is 2.09 bits per heavy atom. The maximum absolute atomic E-state index is 12.2. The monoisotopic (exact) mass is 292 g/mol. The zero-order valence-corrected chi connectivity index (χ0v) is 12.1. The SMILES string of the molecule is CC1=c2cc3c(cc2OC1=O)=C(c1ccc(C)cc1)C(=O)O3. The summed E-state index contributed by atoms with van der Waals surface area (Å²) < 4.78 is 10.6. The molecule has 2 aromatic carbocycles. The normalized spacial score (nSPS) is 15.5. The number of aryl methyl sites for hydroxylation is 1. The number of benzene rings is 2. The van der Waals surface area contributed by atoms with E-state index in [4.69, 9.17) is 9.47 Å². The molecule has 0 radical (unpaired) electrons. The molecule has 0 amide bonds. The third kappa shape index (κ3) is 1.70. The van der Waals surface area contributed by atoms with Crippen LogP contribution in [0.15, 0.2) is 36.4 Å². The van der Waals surface area contributed by atoms with Crippen molar-refractivity contribution in [3.63, 3.8) is 0 Å². The van der Waals surface area contributed by atoms with Gasteiger partial charge in [-0.3, -0.25) is 0 Å². The van der Waals surface area contributed by atoms with Crippen molar-refractivity contribution in [1.29, 1.82) is 0 Å². The van der Waals surface area contributed by atoms with Gasteiger partial charge in [0.05, 0.1) is 5.57 Å². The lowest BCUT2D eigenvalue weighted by Crippen LogP contribution is -2.10. The molecule has 0 fully saturated rings. The number of carbonyl (C=O) groups is 2. The molecule has 2 heterocycles. The summed E-state index contributed by atoms with van der Waals surface area (Å²) in [7, 11) is 0. The van der Waals surface area contributed by atoms with Gasteiger partial charge in [-0.1, -0.05) is 29.8 Å². The molecule has 0 saturated carbocycles. The van der Waals surface area contributed by atoms with E-state index >= 15 is 0 Å². The fourth-order valence-electron chi connectivity index (χ4n) is 2.76. The molecule has 0 unspecified atom stereocenters. The van der Waals surface area contributed by atoms with E-state index in [1.807, 2.05) is 31.2 Å². The highest BCUT2D eigenvalue weighted by Gasteiger charge is 2.28. The Balaban J connectivity index is 2.02. The molecule has 22 heavy (non-hydrogen) atoms. The first-order chi connectivity index (χ1) is 10.5. The first-order valence-electron chi connectivity index (χ1n) is 6.95. The summed E-state index contributed by atoms with van der Waals surface area (Å²) in [5, 5.41) is 1.34. The molecular weight excluding hydrogens is 280 g/mol. The summed E-state index contributed by atoms with van der Waals surface area (Å²) in [6.07, 6.45) is 0. The number of esters is 2. The zero-order valence-electron chi connectivity index (χ0n) is 12.1. The average Bonchev–Trinajstić information content (AvgIpc) is 2.95. The molecule has 0 bridgehead atoms. The quantitative estimate of drug-likeness (QED) is 0.585. The van der Waals surface area contributed by atoms with Crippen LogP contribution < -0.4 is 19.9 Å². The van der Waals surface area contributed by atoms with Gasteiger partial charge in [0, 0.05) is 16.0 Å². The standard InChI is InChI=1S/C18H12O4/c1-9-3-5-11(6-4-9)16-13-8-14-12(10(2)17(19)21-14)7-15(13)22-18(16)20/h3-8H,1-2H3. The number of fused-ring (bicyclic) bond motifs is 2. The summed E-state index contributed by atoms with van der Waals surface area (Å²) in [4.78, 5) is 23.9. The van der Waals surface area contributed by atoms with Crippen LogP contribution in [0.2, 0.25) is 0 Å². The predicted octanol–water partition coefficient (Wildman–Crippen LogP) is 1.20. The van der Waals surface area contributed by atoms with Crippen molar-refractivity contribution in [2.24, 2.45) is 0 Å². The van der Waals surface area contributed by atoms with Crippen LogP contribution in [-0.4, -0.2) is 11.9 Å². The van der Waals surface area contributed by atoms with E-state index in [0.717, 1.165) is 11.1 Å². The smallest absolute Gasteiger partial charge is 0.344 e. The first kappa shape index (κ1) is 12.8. The van der Waals surface area contributed by atoms with Crippen molar-refractivity contribution in [3.05, 3.63) is 58.0 Å². The molecule has 2 aliphatic rings. The van der Waals surface area contributed by atoms with Gasteiger partial charge in [0.2, 0.25) is 0 Å². The van der Waals surface area contributed by atoms with Crippen molar-refractivity contribution in [2.75, 3.05) is 0 Å². The maximum atomic E-state index is 12.2. The largest absolute Gasteiger partial charge is 0.422 e. The fraction of sp³-hybridized carbons (Fsp3) is 0.111. The lowest BCUT2D eigenvalue weighted by molar-refractivity contribution is -0.128. The van der Waals surface area contributed by atoms with Gasteiger partial charge < -0.3 is 9.47 Å². The second-order valence-corrected chi connectivity index (χ2v) is 5.49. The minimum absolute atomic E-state index is 0.359. The Morgan fingerprint density at radius 1 is 0.773 bits per heavy atom. The van der Waals surface area contributed by atoms with Crippen molar-refractivity contribution >= 4 is 23.1 Å². The van der Waals surface area contributed by atoms with E-state index in [1.165, 1.54) is 0 Å². The van der Waals surface area contributed by atoms with Gasteiger partial charge in [-0.25, -0.2) is 9.59 Å². The van der Waals surface area contributed by atoms with Crippen LogP contribution in [0.1, 0.15) is 18.1 Å². The molecule has 0 N–H and O–H groups in total. The van der Waals surface area contributed by atoms with Crippen LogP contribution in [0.4, 0.5) is 0 Å². The number of hydrogen-bond acceptors (Lipinski definition) is 4. The van der Waals surface area contributed by atoms with Crippen LogP contribution in [0.25, 0.3) is 11.1 Å². The Hall–Kier alpha value is -2.88. The second kappa shape index (κ2) is 4.31. The molecule has 4 rings (SSSR count). The van der Waals surface area contributed by atoms with Crippen LogP contribution >= 0.6 is 0 Å². The lowest BCUT2D eigenvalue weighted by Gasteiger charge is -2.00. The van der Waals surface area contributed by atoms with E-state index in [9.17, 15) is 9.59 Å². The number of rotatable bonds is 1.